The molecule has 0 aliphatic rings. The maximum atomic E-state index is 12.3. The van der Waals surface area contributed by atoms with Crippen molar-refractivity contribution in [1.29, 1.82) is 0 Å². The topological polar surface area (TPSA) is 69.8 Å². The summed E-state index contributed by atoms with van der Waals surface area (Å²) in [5.41, 5.74) is 1.53. The van der Waals surface area contributed by atoms with E-state index < -0.39 is 0 Å². The van der Waals surface area contributed by atoms with Crippen molar-refractivity contribution < 1.29 is 4.79 Å². The van der Waals surface area contributed by atoms with Gasteiger partial charge in [-0.25, -0.2) is 0 Å². The number of benzene rings is 2. The van der Waals surface area contributed by atoms with Gasteiger partial charge >= 0.3 is 0 Å². The van der Waals surface area contributed by atoms with E-state index in [2.05, 4.69) is 48.1 Å². The van der Waals surface area contributed by atoms with Crippen molar-refractivity contribution in [2.24, 2.45) is 0 Å². The second-order valence-electron chi connectivity index (χ2n) is 5.98. The number of H-pyrrole nitrogens is 1. The Hall–Kier alpha value is -2.38. The third kappa shape index (κ3) is 3.59. The number of carbonyl (C=O) groups is 1. The van der Waals surface area contributed by atoms with E-state index in [-0.39, 0.29) is 5.91 Å². The molecule has 3 N–H and O–H groups in total. The van der Waals surface area contributed by atoms with Crippen molar-refractivity contribution in [3.63, 3.8) is 0 Å². The van der Waals surface area contributed by atoms with Crippen molar-refractivity contribution in [2.75, 3.05) is 18.4 Å². The van der Waals surface area contributed by atoms with Crippen LogP contribution in [0.15, 0.2) is 53.0 Å². The Balaban J connectivity index is 1.28. The van der Waals surface area contributed by atoms with Gasteiger partial charge in [0.1, 0.15) is 11.5 Å². The quantitative estimate of drug-likeness (QED) is 0.387. The fourth-order valence-electron chi connectivity index (χ4n) is 2.83. The van der Waals surface area contributed by atoms with Gasteiger partial charge in [0.05, 0.1) is 4.70 Å². The van der Waals surface area contributed by atoms with Crippen molar-refractivity contribution >= 4 is 60.2 Å². The number of hydrogen-bond donors (Lipinski definition) is 3. The Bertz CT molecular complexity index is 1070. The largest absolute Gasteiger partial charge is 0.369 e. The maximum absolute atomic E-state index is 12.3. The summed E-state index contributed by atoms with van der Waals surface area (Å²) in [5.74, 6) is 0.828. The molecule has 0 fully saturated rings. The molecule has 0 aliphatic carbocycles. The molecule has 0 radical (unpaired) electrons. The zero-order valence-electron chi connectivity index (χ0n) is 13.9. The molecule has 1 amide bonds. The molecular formula is C19H17BrN4OS. The summed E-state index contributed by atoms with van der Waals surface area (Å²) in [6, 6.07) is 15.9. The van der Waals surface area contributed by atoms with Gasteiger partial charge in [0, 0.05) is 33.9 Å². The SMILES string of the molecule is O=C(NCCCNc1nsc2ccccc12)c1cc2cc(Br)ccc2[nH]1. The van der Waals surface area contributed by atoms with Gasteiger partial charge in [-0.05, 0) is 54.4 Å². The van der Waals surface area contributed by atoms with E-state index in [4.69, 9.17) is 0 Å². The van der Waals surface area contributed by atoms with E-state index in [9.17, 15) is 4.79 Å². The molecule has 132 valence electrons. The Kier molecular flexibility index (Phi) is 4.90. The fourth-order valence-corrected chi connectivity index (χ4v) is 3.97. The van der Waals surface area contributed by atoms with Crippen LogP contribution in [0.3, 0.4) is 0 Å². The second-order valence-corrected chi connectivity index (χ2v) is 7.70. The summed E-state index contributed by atoms with van der Waals surface area (Å²) < 4.78 is 6.61. The fraction of sp³-hybridized carbons (Fsp3) is 0.158. The van der Waals surface area contributed by atoms with Crippen LogP contribution >= 0.6 is 27.5 Å². The van der Waals surface area contributed by atoms with Crippen molar-refractivity contribution in [3.8, 4) is 0 Å². The highest BCUT2D eigenvalue weighted by Gasteiger charge is 2.09. The normalized spacial score (nSPS) is 11.1. The van der Waals surface area contributed by atoms with Crippen LogP contribution in [0, 0.1) is 0 Å². The van der Waals surface area contributed by atoms with Gasteiger partial charge in [0.15, 0.2) is 0 Å². The van der Waals surface area contributed by atoms with Crippen LogP contribution in [0.4, 0.5) is 5.82 Å². The van der Waals surface area contributed by atoms with Crippen LogP contribution in [0.2, 0.25) is 0 Å². The monoisotopic (exact) mass is 428 g/mol. The number of halogens is 1. The van der Waals surface area contributed by atoms with Gasteiger partial charge in [0.25, 0.3) is 5.91 Å². The molecule has 0 bridgehead atoms. The van der Waals surface area contributed by atoms with Crippen LogP contribution in [-0.4, -0.2) is 28.4 Å². The third-order valence-electron chi connectivity index (χ3n) is 4.14. The molecule has 5 nitrogen and oxygen atoms in total. The van der Waals surface area contributed by atoms with Gasteiger partial charge in [-0.3, -0.25) is 4.79 Å². The molecule has 2 aromatic heterocycles. The molecule has 4 rings (SSSR count). The first-order valence-corrected chi connectivity index (χ1v) is 9.92. The molecule has 26 heavy (non-hydrogen) atoms. The predicted molar refractivity (Wildman–Crippen MR) is 111 cm³/mol. The molecule has 0 saturated heterocycles. The molecule has 7 heteroatoms. The molecule has 2 aromatic carbocycles. The number of fused-ring (bicyclic) bond motifs is 2. The summed E-state index contributed by atoms with van der Waals surface area (Å²) >= 11 is 4.94. The number of anilines is 1. The summed E-state index contributed by atoms with van der Waals surface area (Å²) in [6.07, 6.45) is 0.823. The van der Waals surface area contributed by atoms with Gasteiger partial charge in [-0.15, -0.1) is 0 Å². The van der Waals surface area contributed by atoms with Crippen molar-refractivity contribution in [3.05, 3.63) is 58.7 Å². The van der Waals surface area contributed by atoms with Crippen LogP contribution < -0.4 is 10.6 Å². The summed E-state index contributed by atoms with van der Waals surface area (Å²) in [7, 11) is 0. The predicted octanol–water partition coefficient (Wildman–Crippen LogP) is 4.77. The summed E-state index contributed by atoms with van der Waals surface area (Å²) in [4.78, 5) is 15.4. The highest BCUT2D eigenvalue weighted by molar-refractivity contribution is 9.10. The van der Waals surface area contributed by atoms with E-state index in [1.165, 1.54) is 16.2 Å². The van der Waals surface area contributed by atoms with Gasteiger partial charge in [-0.1, -0.05) is 28.1 Å². The number of nitrogens with one attached hydrogen (secondary N) is 3. The summed E-state index contributed by atoms with van der Waals surface area (Å²) in [6.45, 7) is 1.36. The average molecular weight is 429 g/mol. The smallest absolute Gasteiger partial charge is 0.267 e. The van der Waals surface area contributed by atoms with Crippen LogP contribution in [0.1, 0.15) is 16.9 Å². The molecule has 0 spiro atoms. The summed E-state index contributed by atoms with van der Waals surface area (Å²) in [5, 5.41) is 8.46. The minimum absolute atomic E-state index is 0.0866. The average Bonchev–Trinajstić information content (AvgIpc) is 3.25. The van der Waals surface area contributed by atoms with Gasteiger partial charge in [-0.2, -0.15) is 4.37 Å². The lowest BCUT2D eigenvalue weighted by molar-refractivity contribution is 0.0949. The zero-order valence-corrected chi connectivity index (χ0v) is 16.3. The highest BCUT2D eigenvalue weighted by atomic mass is 79.9. The van der Waals surface area contributed by atoms with Gasteiger partial charge < -0.3 is 15.6 Å². The van der Waals surface area contributed by atoms with E-state index in [0.29, 0.717) is 12.2 Å². The molecule has 0 saturated carbocycles. The molecule has 0 unspecified atom stereocenters. The van der Waals surface area contributed by atoms with Gasteiger partial charge in [0.2, 0.25) is 0 Å². The Labute approximate surface area is 163 Å². The third-order valence-corrected chi connectivity index (χ3v) is 5.46. The number of nitrogens with zero attached hydrogens (tertiary/aromatic N) is 1. The van der Waals surface area contributed by atoms with Crippen LogP contribution in [0.25, 0.3) is 21.0 Å². The molecule has 0 aliphatic heterocycles. The minimum Gasteiger partial charge on any atom is -0.369 e. The Morgan fingerprint density at radius 1 is 1.15 bits per heavy atom. The molecule has 4 aromatic rings. The lowest BCUT2D eigenvalue weighted by Gasteiger charge is -2.05. The lowest BCUT2D eigenvalue weighted by Crippen LogP contribution is -2.26. The van der Waals surface area contributed by atoms with Crippen molar-refractivity contribution in [1.82, 2.24) is 14.7 Å². The van der Waals surface area contributed by atoms with E-state index in [1.807, 2.05) is 36.4 Å². The van der Waals surface area contributed by atoms with E-state index in [1.54, 1.807) is 0 Å². The Morgan fingerprint density at radius 3 is 2.96 bits per heavy atom. The van der Waals surface area contributed by atoms with E-state index in [0.717, 1.165) is 39.5 Å². The van der Waals surface area contributed by atoms with Crippen molar-refractivity contribution in [2.45, 2.75) is 6.42 Å². The number of amides is 1. The first-order chi connectivity index (χ1) is 12.7. The zero-order chi connectivity index (χ0) is 17.9. The number of carbonyl (C=O) groups excluding carboxylic acids is 1. The molecule has 2 heterocycles. The first-order valence-electron chi connectivity index (χ1n) is 8.35. The molecular weight excluding hydrogens is 412 g/mol. The second kappa shape index (κ2) is 7.47. The highest BCUT2D eigenvalue weighted by Crippen LogP contribution is 2.26. The lowest BCUT2D eigenvalue weighted by atomic mass is 10.2. The molecule has 0 atom stereocenters. The maximum Gasteiger partial charge on any atom is 0.267 e. The van der Waals surface area contributed by atoms with Crippen LogP contribution in [-0.2, 0) is 0 Å². The number of aromatic nitrogens is 2. The Morgan fingerprint density at radius 2 is 2.04 bits per heavy atom. The number of rotatable bonds is 6. The van der Waals surface area contributed by atoms with Crippen LogP contribution in [0.5, 0.6) is 0 Å². The standard InChI is InChI=1S/C19H17BrN4OS/c20-13-6-7-15-12(10-13)11-16(23-15)19(25)22-9-3-8-21-18-14-4-1-2-5-17(14)26-24-18/h1-2,4-7,10-11,23H,3,8-9H2,(H,21,24)(H,22,25). The first kappa shape index (κ1) is 17.1. The number of aromatic amines is 1. The number of hydrogen-bond acceptors (Lipinski definition) is 4. The minimum atomic E-state index is -0.0866. The van der Waals surface area contributed by atoms with E-state index >= 15 is 0 Å².